The molecule has 170 valence electrons. The second kappa shape index (κ2) is 9.36. The van der Waals surface area contributed by atoms with Gasteiger partial charge in [0.15, 0.2) is 11.6 Å². The van der Waals surface area contributed by atoms with E-state index in [0.717, 1.165) is 22.3 Å². The van der Waals surface area contributed by atoms with E-state index >= 15 is 0 Å². The molecule has 2 N–H and O–H groups in total. The number of carbonyl (C=O) groups excluding carboxylic acids is 1. The molecule has 1 atom stereocenters. The van der Waals surface area contributed by atoms with Gasteiger partial charge in [-0.05, 0) is 40.3 Å². The Bertz CT molecular complexity index is 1170. The fraction of sp³-hybridized carbons (Fsp3) is 0.200. The number of nitrogens with one attached hydrogen (secondary N) is 1. The van der Waals surface area contributed by atoms with Gasteiger partial charge in [-0.3, -0.25) is 4.79 Å². The van der Waals surface area contributed by atoms with Crippen molar-refractivity contribution in [3.8, 4) is 11.1 Å². The van der Waals surface area contributed by atoms with Gasteiger partial charge in [0.2, 0.25) is 0 Å². The van der Waals surface area contributed by atoms with Crippen LogP contribution in [0.3, 0.4) is 0 Å². The lowest BCUT2D eigenvalue weighted by Crippen LogP contribution is -2.39. The van der Waals surface area contributed by atoms with Gasteiger partial charge in [-0.25, -0.2) is 18.0 Å². The number of benzene rings is 3. The summed E-state index contributed by atoms with van der Waals surface area (Å²) in [4.78, 5) is 23.7. The molecule has 0 spiro atoms. The van der Waals surface area contributed by atoms with E-state index in [2.05, 4.69) is 5.32 Å². The van der Waals surface area contributed by atoms with Crippen molar-refractivity contribution in [3.05, 3.63) is 94.8 Å². The van der Waals surface area contributed by atoms with E-state index in [1.165, 1.54) is 0 Å². The van der Waals surface area contributed by atoms with Crippen LogP contribution < -0.4 is 5.32 Å². The van der Waals surface area contributed by atoms with E-state index in [-0.39, 0.29) is 24.5 Å². The number of ether oxygens (including phenoxy) is 1. The first kappa shape index (κ1) is 22.4. The molecule has 0 saturated heterocycles. The maximum Gasteiger partial charge on any atom is 0.407 e. The molecule has 3 aromatic carbocycles. The molecule has 0 radical (unpaired) electrons. The Kier molecular flexibility index (Phi) is 6.35. The lowest BCUT2D eigenvalue weighted by atomic mass is 9.98. The molecular weight excluding hydrogens is 435 g/mol. The number of rotatable bonds is 7. The molecule has 5 nitrogen and oxygen atoms in total. The average molecular weight is 455 g/mol. The van der Waals surface area contributed by atoms with Gasteiger partial charge in [-0.2, -0.15) is 0 Å². The molecule has 33 heavy (non-hydrogen) atoms. The van der Waals surface area contributed by atoms with Crippen molar-refractivity contribution in [1.29, 1.82) is 0 Å². The summed E-state index contributed by atoms with van der Waals surface area (Å²) in [5, 5.41) is 11.5. The van der Waals surface area contributed by atoms with E-state index in [9.17, 15) is 22.8 Å². The highest BCUT2D eigenvalue weighted by Crippen LogP contribution is 2.44. The molecule has 1 amide bonds. The van der Waals surface area contributed by atoms with Crippen molar-refractivity contribution < 1.29 is 32.6 Å². The largest absolute Gasteiger partial charge is 0.481 e. The van der Waals surface area contributed by atoms with Crippen LogP contribution in [0.4, 0.5) is 18.0 Å². The monoisotopic (exact) mass is 455 g/mol. The van der Waals surface area contributed by atoms with Crippen LogP contribution in [0, 0.1) is 17.5 Å². The third kappa shape index (κ3) is 4.84. The summed E-state index contributed by atoms with van der Waals surface area (Å²) in [5.74, 6) is -5.08. The van der Waals surface area contributed by atoms with Gasteiger partial charge in [-0.15, -0.1) is 0 Å². The van der Waals surface area contributed by atoms with Crippen LogP contribution >= 0.6 is 0 Å². The summed E-state index contributed by atoms with van der Waals surface area (Å²) in [5.41, 5.74) is 3.88. The van der Waals surface area contributed by atoms with Crippen LogP contribution in [0.1, 0.15) is 29.0 Å². The molecule has 0 fully saturated rings. The summed E-state index contributed by atoms with van der Waals surface area (Å²) in [6.45, 7) is 0.0131. The van der Waals surface area contributed by atoms with Gasteiger partial charge in [0.1, 0.15) is 12.4 Å². The lowest BCUT2D eigenvalue weighted by molar-refractivity contribution is -0.137. The number of alkyl carbamates (subject to hydrolysis) is 1. The zero-order valence-corrected chi connectivity index (χ0v) is 17.4. The Morgan fingerprint density at radius 2 is 1.48 bits per heavy atom. The van der Waals surface area contributed by atoms with Gasteiger partial charge in [0.05, 0.1) is 6.42 Å². The minimum atomic E-state index is -1.35. The summed E-state index contributed by atoms with van der Waals surface area (Å²) >= 11 is 0. The number of aliphatic carboxylic acids is 1. The predicted molar refractivity (Wildman–Crippen MR) is 114 cm³/mol. The fourth-order valence-corrected chi connectivity index (χ4v) is 4.18. The average Bonchev–Trinajstić information content (AvgIpc) is 3.09. The van der Waals surface area contributed by atoms with Crippen molar-refractivity contribution in [2.45, 2.75) is 24.8 Å². The second-order valence-corrected chi connectivity index (χ2v) is 7.83. The Morgan fingerprint density at radius 3 is 2.09 bits per heavy atom. The van der Waals surface area contributed by atoms with E-state index in [1.54, 1.807) is 0 Å². The Balaban J connectivity index is 1.45. The van der Waals surface area contributed by atoms with Crippen LogP contribution in [0.15, 0.2) is 60.7 Å². The first-order valence-corrected chi connectivity index (χ1v) is 10.3. The molecule has 1 unspecified atom stereocenters. The minimum Gasteiger partial charge on any atom is -0.481 e. The SMILES string of the molecule is O=C(O)CC(Cc1cc(F)c(F)cc1F)NC(=O)OCC1c2ccccc2-c2ccccc21. The van der Waals surface area contributed by atoms with E-state index in [4.69, 9.17) is 9.84 Å². The topological polar surface area (TPSA) is 75.6 Å². The molecule has 8 heteroatoms. The Labute approximate surface area is 187 Å². The third-order valence-electron chi connectivity index (χ3n) is 5.64. The smallest absolute Gasteiger partial charge is 0.407 e. The van der Waals surface area contributed by atoms with Crippen LogP contribution in [0.25, 0.3) is 11.1 Å². The number of hydrogen-bond acceptors (Lipinski definition) is 3. The van der Waals surface area contributed by atoms with Gasteiger partial charge in [-0.1, -0.05) is 48.5 Å². The second-order valence-electron chi connectivity index (χ2n) is 7.83. The highest BCUT2D eigenvalue weighted by Gasteiger charge is 2.29. The van der Waals surface area contributed by atoms with Gasteiger partial charge < -0.3 is 15.2 Å². The lowest BCUT2D eigenvalue weighted by Gasteiger charge is -2.19. The van der Waals surface area contributed by atoms with Gasteiger partial charge >= 0.3 is 12.1 Å². The molecule has 0 bridgehead atoms. The summed E-state index contributed by atoms with van der Waals surface area (Å²) in [6.07, 6.45) is -1.78. The molecular formula is C25H20F3NO4. The van der Waals surface area contributed by atoms with Crippen LogP contribution in [-0.2, 0) is 16.0 Å². The quantitative estimate of drug-likeness (QED) is 0.490. The molecule has 0 heterocycles. The van der Waals surface area contributed by atoms with Crippen molar-refractivity contribution in [3.63, 3.8) is 0 Å². The van der Waals surface area contributed by atoms with Crippen molar-refractivity contribution in [2.24, 2.45) is 0 Å². The highest BCUT2D eigenvalue weighted by molar-refractivity contribution is 5.79. The van der Waals surface area contributed by atoms with Crippen molar-refractivity contribution >= 4 is 12.1 Å². The van der Waals surface area contributed by atoms with Gasteiger partial charge in [0, 0.05) is 18.0 Å². The van der Waals surface area contributed by atoms with E-state index < -0.39 is 42.0 Å². The molecule has 0 aliphatic heterocycles. The first-order valence-electron chi connectivity index (χ1n) is 10.3. The molecule has 1 aliphatic carbocycles. The van der Waals surface area contributed by atoms with Crippen molar-refractivity contribution in [1.82, 2.24) is 5.32 Å². The number of halogens is 3. The van der Waals surface area contributed by atoms with E-state index in [1.807, 2.05) is 48.5 Å². The standard InChI is InChI=1S/C25H20F3NO4/c26-21-12-23(28)22(27)10-14(21)9-15(11-24(30)31)29-25(32)33-13-20-18-7-3-1-5-16(18)17-6-2-4-8-19(17)20/h1-8,10,12,15,20H,9,11,13H2,(H,29,32)(H,30,31). The number of amides is 1. The van der Waals surface area contributed by atoms with Crippen LogP contribution in [0.5, 0.6) is 0 Å². The fourth-order valence-electron chi connectivity index (χ4n) is 4.18. The molecule has 4 rings (SSSR count). The molecule has 0 aromatic heterocycles. The summed E-state index contributed by atoms with van der Waals surface area (Å²) in [6, 6.07) is 15.5. The summed E-state index contributed by atoms with van der Waals surface area (Å²) in [7, 11) is 0. The number of carboxylic acid groups (broad SMARTS) is 1. The molecule has 1 aliphatic rings. The number of carbonyl (C=O) groups is 2. The summed E-state index contributed by atoms with van der Waals surface area (Å²) < 4.78 is 46.1. The normalized spacial score (nSPS) is 13.2. The van der Waals surface area contributed by atoms with Gasteiger partial charge in [0.25, 0.3) is 0 Å². The van der Waals surface area contributed by atoms with Crippen molar-refractivity contribution in [2.75, 3.05) is 6.61 Å². The van der Waals surface area contributed by atoms with Crippen LogP contribution in [-0.4, -0.2) is 29.8 Å². The zero-order valence-electron chi connectivity index (χ0n) is 17.4. The minimum absolute atomic E-state index is 0.0131. The Morgan fingerprint density at radius 1 is 0.909 bits per heavy atom. The van der Waals surface area contributed by atoms with Crippen LogP contribution in [0.2, 0.25) is 0 Å². The maximum absolute atomic E-state index is 14.0. The molecule has 0 saturated carbocycles. The highest BCUT2D eigenvalue weighted by atomic mass is 19.2. The maximum atomic E-state index is 14.0. The molecule has 3 aromatic rings. The first-order chi connectivity index (χ1) is 15.8. The number of fused-ring (bicyclic) bond motifs is 3. The third-order valence-corrected chi connectivity index (χ3v) is 5.64. The predicted octanol–water partition coefficient (Wildman–Crippen LogP) is 5.03. The Hall–Kier alpha value is -3.81. The zero-order chi connectivity index (χ0) is 23.5. The number of carboxylic acids is 1. The number of hydrogen-bond donors (Lipinski definition) is 2. The van der Waals surface area contributed by atoms with E-state index in [0.29, 0.717) is 12.1 Å².